The third-order valence-electron chi connectivity index (χ3n) is 9.47. The van der Waals surface area contributed by atoms with Crippen LogP contribution in [-0.2, 0) is 35.7 Å². The number of nitrogens with two attached hydrogens (primary N) is 1. The van der Waals surface area contributed by atoms with Gasteiger partial charge in [-0.05, 0) is 106 Å². The van der Waals surface area contributed by atoms with Crippen molar-refractivity contribution >= 4 is 34.8 Å². The molecule has 3 amide bonds. The lowest BCUT2D eigenvalue weighted by molar-refractivity contribution is -0.159. The summed E-state index contributed by atoms with van der Waals surface area (Å²) in [4.78, 5) is 66.0. The number of para-hydroxylation sites is 1. The van der Waals surface area contributed by atoms with E-state index < -0.39 is 34.7 Å². The van der Waals surface area contributed by atoms with Crippen molar-refractivity contribution in [3.05, 3.63) is 53.7 Å². The highest BCUT2D eigenvalue weighted by Crippen LogP contribution is 2.28. The number of benzene rings is 1. The molecule has 1 aliphatic heterocycles. The molecule has 14 heteroatoms. The molecule has 2 unspecified atom stereocenters. The third-order valence-corrected chi connectivity index (χ3v) is 9.47. The Bertz CT molecular complexity index is 1710. The number of rotatable bonds is 16. The van der Waals surface area contributed by atoms with Crippen LogP contribution < -0.4 is 21.7 Å². The van der Waals surface area contributed by atoms with Crippen molar-refractivity contribution in [1.29, 1.82) is 0 Å². The van der Waals surface area contributed by atoms with Gasteiger partial charge in [0, 0.05) is 61.1 Å². The van der Waals surface area contributed by atoms with Crippen LogP contribution in [0.15, 0.2) is 36.7 Å². The van der Waals surface area contributed by atoms with Crippen LogP contribution in [-0.4, -0.2) is 93.2 Å². The number of ether oxygens (including phenoxy) is 2. The summed E-state index contributed by atoms with van der Waals surface area (Å²) in [5, 5.41) is 10.6. The van der Waals surface area contributed by atoms with Crippen LogP contribution in [0.3, 0.4) is 0 Å². The molecule has 4 rings (SSSR count). The number of carbonyl (C=O) groups excluding carboxylic acids is 4. The lowest BCUT2D eigenvalue weighted by atomic mass is 9.88. The van der Waals surface area contributed by atoms with E-state index in [1.165, 1.54) is 0 Å². The molecule has 1 saturated heterocycles. The van der Waals surface area contributed by atoms with Crippen molar-refractivity contribution in [2.75, 3.05) is 26.2 Å². The number of piperidine rings is 1. The number of hydrogen-bond acceptors (Lipinski definition) is 9. The SMILES string of the molecule is CC(C)(C)OC(=O)CCNC1CCN(C(=O)NC(Cc2c[nH]c3ccccc23)c2ncc(C(C)(C)C(=O)NC(CCCCN)C(=O)OC(C)(C)C)[nH]2)CC1. The average Bonchev–Trinajstić information content (AvgIpc) is 3.75. The summed E-state index contributed by atoms with van der Waals surface area (Å²) in [6.07, 6.45) is 7.58. The number of nitrogens with one attached hydrogen (secondary N) is 5. The molecule has 1 aliphatic rings. The van der Waals surface area contributed by atoms with Gasteiger partial charge in [0.1, 0.15) is 23.1 Å². The Kier molecular flexibility index (Phi) is 14.3. The van der Waals surface area contributed by atoms with E-state index >= 15 is 0 Å². The fourth-order valence-electron chi connectivity index (χ4n) is 6.44. The first-order valence-corrected chi connectivity index (χ1v) is 19.2. The topological polar surface area (TPSA) is 197 Å². The number of H-pyrrole nitrogens is 2. The number of fused-ring (bicyclic) bond motifs is 1. The van der Waals surface area contributed by atoms with Crippen LogP contribution in [0.1, 0.15) is 117 Å². The van der Waals surface area contributed by atoms with Gasteiger partial charge < -0.3 is 46.0 Å². The number of likely N-dealkylation sites (tertiary alicyclic amines) is 1. The third kappa shape index (κ3) is 12.3. The molecular weight excluding hydrogens is 688 g/mol. The van der Waals surface area contributed by atoms with Crippen LogP contribution in [0.5, 0.6) is 0 Å². The first-order valence-electron chi connectivity index (χ1n) is 19.2. The van der Waals surface area contributed by atoms with Gasteiger partial charge in [-0.3, -0.25) is 9.59 Å². The second-order valence-electron chi connectivity index (χ2n) is 16.8. The first-order chi connectivity index (χ1) is 25.4. The molecular formula is C40H62N8O6. The van der Waals surface area contributed by atoms with Gasteiger partial charge in [-0.1, -0.05) is 18.2 Å². The predicted octanol–water partition coefficient (Wildman–Crippen LogP) is 4.90. The van der Waals surface area contributed by atoms with E-state index in [0.29, 0.717) is 57.0 Å². The normalized spacial score (nSPS) is 15.5. The van der Waals surface area contributed by atoms with E-state index in [0.717, 1.165) is 35.7 Å². The Morgan fingerprint density at radius 2 is 1.65 bits per heavy atom. The number of urea groups is 1. The second kappa shape index (κ2) is 18.3. The fraction of sp³-hybridized carbons (Fsp3) is 0.625. The van der Waals surface area contributed by atoms with E-state index in [4.69, 9.17) is 20.2 Å². The Labute approximate surface area is 319 Å². The fourth-order valence-corrected chi connectivity index (χ4v) is 6.44. The molecule has 14 nitrogen and oxygen atoms in total. The summed E-state index contributed by atoms with van der Waals surface area (Å²) in [6.45, 7) is 16.6. The van der Waals surface area contributed by atoms with Crippen molar-refractivity contribution in [3.63, 3.8) is 0 Å². The highest BCUT2D eigenvalue weighted by molar-refractivity contribution is 5.91. The van der Waals surface area contributed by atoms with Gasteiger partial charge in [-0.15, -0.1) is 0 Å². The highest BCUT2D eigenvalue weighted by Gasteiger charge is 2.37. The maximum Gasteiger partial charge on any atom is 0.329 e. The summed E-state index contributed by atoms with van der Waals surface area (Å²) in [7, 11) is 0. The molecule has 1 aromatic carbocycles. The van der Waals surface area contributed by atoms with Gasteiger partial charge in [0.25, 0.3) is 0 Å². The predicted molar refractivity (Wildman–Crippen MR) is 209 cm³/mol. The molecule has 0 bridgehead atoms. The Morgan fingerprint density at radius 1 is 0.963 bits per heavy atom. The second-order valence-corrected chi connectivity index (χ2v) is 16.8. The Hall–Kier alpha value is -4.43. The molecule has 54 heavy (non-hydrogen) atoms. The Morgan fingerprint density at radius 3 is 2.31 bits per heavy atom. The van der Waals surface area contributed by atoms with E-state index in [1.54, 1.807) is 45.7 Å². The molecule has 7 N–H and O–H groups in total. The molecule has 0 spiro atoms. The number of imidazole rings is 1. The first kappa shape index (κ1) is 42.3. The van der Waals surface area contributed by atoms with E-state index in [1.807, 2.05) is 51.2 Å². The van der Waals surface area contributed by atoms with Crippen molar-refractivity contribution in [1.82, 2.24) is 35.8 Å². The lowest BCUT2D eigenvalue weighted by Gasteiger charge is -2.33. The van der Waals surface area contributed by atoms with Gasteiger partial charge in [-0.2, -0.15) is 0 Å². The van der Waals surface area contributed by atoms with Crippen molar-refractivity contribution in [2.24, 2.45) is 5.73 Å². The van der Waals surface area contributed by atoms with Gasteiger partial charge in [0.15, 0.2) is 0 Å². The van der Waals surface area contributed by atoms with Gasteiger partial charge in [0.2, 0.25) is 5.91 Å². The van der Waals surface area contributed by atoms with Gasteiger partial charge >= 0.3 is 18.0 Å². The maximum atomic E-state index is 13.8. The van der Waals surface area contributed by atoms with Crippen LogP contribution in [0.2, 0.25) is 0 Å². The minimum atomic E-state index is -1.10. The van der Waals surface area contributed by atoms with Crippen LogP contribution in [0.25, 0.3) is 10.9 Å². The number of carbonyl (C=O) groups is 4. The largest absolute Gasteiger partial charge is 0.460 e. The number of aromatic nitrogens is 3. The number of esters is 2. The number of hydrogen-bond donors (Lipinski definition) is 6. The monoisotopic (exact) mass is 750 g/mol. The molecule has 0 saturated carbocycles. The lowest BCUT2D eigenvalue weighted by Crippen LogP contribution is -2.50. The number of unbranched alkanes of at least 4 members (excludes halogenated alkanes) is 1. The molecule has 3 heterocycles. The maximum absolute atomic E-state index is 13.8. The van der Waals surface area contributed by atoms with Crippen molar-refractivity contribution in [3.8, 4) is 0 Å². The van der Waals surface area contributed by atoms with Crippen molar-refractivity contribution in [2.45, 2.75) is 135 Å². The number of amides is 3. The van der Waals surface area contributed by atoms with E-state index in [-0.39, 0.29) is 30.4 Å². The van der Waals surface area contributed by atoms with Crippen molar-refractivity contribution < 1.29 is 28.7 Å². The van der Waals surface area contributed by atoms with Crippen LogP contribution in [0.4, 0.5) is 4.79 Å². The molecule has 2 aromatic heterocycles. The summed E-state index contributed by atoms with van der Waals surface area (Å²) in [5.74, 6) is -0.575. The molecule has 0 radical (unpaired) electrons. The summed E-state index contributed by atoms with van der Waals surface area (Å²) in [5.41, 5.74) is 5.91. The zero-order valence-corrected chi connectivity index (χ0v) is 33.4. The number of nitrogens with zero attached hydrogens (tertiary/aromatic N) is 2. The zero-order valence-electron chi connectivity index (χ0n) is 33.4. The zero-order chi connectivity index (χ0) is 39.7. The smallest absolute Gasteiger partial charge is 0.329 e. The standard InChI is InChI=1S/C40H62N8O6/c1-38(2,3)53-33(49)16-20-42-27-17-21-48(22-18-27)37(52)46-31(23-26-24-43-29-14-10-9-13-28(26)29)34-44-25-32(47-34)40(7,8)36(51)45-30(15-11-12-19-41)35(50)54-39(4,5)6/h9-10,13-14,24-25,27,30-31,42-43H,11-12,15-23,41H2,1-8H3,(H,44,47)(H,45,51)(H,46,52). The summed E-state index contributed by atoms with van der Waals surface area (Å²) >= 11 is 0. The quantitative estimate of drug-likeness (QED) is 0.0872. The highest BCUT2D eigenvalue weighted by atomic mass is 16.6. The Balaban J connectivity index is 1.46. The minimum absolute atomic E-state index is 0.190. The average molecular weight is 751 g/mol. The van der Waals surface area contributed by atoms with Crippen LogP contribution >= 0.6 is 0 Å². The minimum Gasteiger partial charge on any atom is -0.460 e. The van der Waals surface area contributed by atoms with Gasteiger partial charge in [-0.25, -0.2) is 14.6 Å². The van der Waals surface area contributed by atoms with E-state index in [2.05, 4.69) is 25.9 Å². The molecule has 298 valence electrons. The molecule has 3 aromatic rings. The van der Waals surface area contributed by atoms with Crippen LogP contribution in [0, 0.1) is 0 Å². The summed E-state index contributed by atoms with van der Waals surface area (Å²) in [6, 6.07) is 6.60. The number of aromatic amines is 2. The molecule has 2 atom stereocenters. The van der Waals surface area contributed by atoms with E-state index in [9.17, 15) is 19.2 Å². The molecule has 0 aliphatic carbocycles. The van der Waals surface area contributed by atoms with Gasteiger partial charge in [0.05, 0.1) is 17.9 Å². The summed E-state index contributed by atoms with van der Waals surface area (Å²) < 4.78 is 11.0. The molecule has 1 fully saturated rings.